The van der Waals surface area contributed by atoms with Gasteiger partial charge in [0.25, 0.3) is 11.8 Å². The highest BCUT2D eigenvalue weighted by atomic mass is 16.5. The average Bonchev–Trinajstić information content (AvgIpc) is 2.67. The molecule has 136 valence electrons. The van der Waals surface area contributed by atoms with Crippen LogP contribution in [0, 0.1) is 0 Å². The number of carbonyl (C=O) groups is 2. The van der Waals surface area contributed by atoms with Crippen LogP contribution in [0.4, 0.5) is 0 Å². The number of pyridine rings is 1. The molecule has 26 heavy (non-hydrogen) atoms. The van der Waals surface area contributed by atoms with E-state index in [-0.39, 0.29) is 18.4 Å². The van der Waals surface area contributed by atoms with E-state index in [9.17, 15) is 9.59 Å². The van der Waals surface area contributed by atoms with Crippen LogP contribution in [0.5, 0.6) is 0 Å². The minimum atomic E-state index is -1.05. The van der Waals surface area contributed by atoms with Crippen LogP contribution < -0.4 is 0 Å². The van der Waals surface area contributed by atoms with Crippen LogP contribution in [0.3, 0.4) is 0 Å². The third-order valence-corrected chi connectivity index (χ3v) is 4.30. The molecule has 2 aromatic heterocycles. The van der Waals surface area contributed by atoms with Crippen LogP contribution >= 0.6 is 0 Å². The van der Waals surface area contributed by atoms with Crippen molar-refractivity contribution in [1.29, 1.82) is 0 Å². The Morgan fingerprint density at radius 2 is 1.81 bits per heavy atom. The first-order valence-corrected chi connectivity index (χ1v) is 8.26. The molecule has 8 heteroatoms. The molecule has 2 aromatic rings. The molecule has 3 heterocycles. The molecule has 0 radical (unpaired) electrons. The number of rotatable bonds is 3. The van der Waals surface area contributed by atoms with E-state index in [1.54, 1.807) is 50.6 Å². The van der Waals surface area contributed by atoms with E-state index in [0.717, 1.165) is 11.1 Å². The van der Waals surface area contributed by atoms with E-state index in [1.807, 2.05) is 0 Å². The van der Waals surface area contributed by atoms with Gasteiger partial charge in [-0.2, -0.15) is 0 Å². The van der Waals surface area contributed by atoms with Crippen LogP contribution in [-0.2, 0) is 9.53 Å². The van der Waals surface area contributed by atoms with Crippen LogP contribution in [-0.4, -0.2) is 76.0 Å². The highest BCUT2D eigenvalue weighted by molar-refractivity contribution is 5.96. The highest BCUT2D eigenvalue weighted by Crippen LogP contribution is 2.23. The molecule has 1 aliphatic rings. The summed E-state index contributed by atoms with van der Waals surface area (Å²) in [5.74, 6) is -0.347. The Kier molecular flexibility index (Phi) is 4.94. The van der Waals surface area contributed by atoms with Gasteiger partial charge >= 0.3 is 0 Å². The number of aromatic nitrogens is 3. The molecule has 1 atom stereocenters. The number of carbonyl (C=O) groups excluding carboxylic acids is 2. The van der Waals surface area contributed by atoms with E-state index in [4.69, 9.17) is 4.74 Å². The molecule has 0 aromatic carbocycles. The highest BCUT2D eigenvalue weighted by Gasteiger charge is 2.41. The summed E-state index contributed by atoms with van der Waals surface area (Å²) in [6.45, 7) is 2.64. The maximum Gasteiger partial charge on any atom is 0.255 e. The van der Waals surface area contributed by atoms with Gasteiger partial charge in [-0.15, -0.1) is 0 Å². The molecule has 2 amide bonds. The summed E-state index contributed by atoms with van der Waals surface area (Å²) in [5, 5.41) is 0. The van der Waals surface area contributed by atoms with Crippen molar-refractivity contribution in [3.63, 3.8) is 0 Å². The Bertz CT molecular complexity index is 811. The molecular weight excluding hydrogens is 334 g/mol. The zero-order chi connectivity index (χ0) is 18.7. The summed E-state index contributed by atoms with van der Waals surface area (Å²) in [5.41, 5.74) is 0.949. The Morgan fingerprint density at radius 3 is 2.50 bits per heavy atom. The molecule has 0 N–H and O–H groups in total. The third kappa shape index (κ3) is 3.55. The fourth-order valence-electron chi connectivity index (χ4n) is 2.99. The minimum Gasteiger partial charge on any atom is -0.362 e. The van der Waals surface area contributed by atoms with Gasteiger partial charge in [0.15, 0.2) is 5.60 Å². The topological polar surface area (TPSA) is 88.5 Å². The Hall–Kier alpha value is -2.87. The number of nitrogens with zero attached hydrogens (tertiary/aromatic N) is 5. The first-order valence-electron chi connectivity index (χ1n) is 8.26. The number of hydrogen-bond donors (Lipinski definition) is 0. The van der Waals surface area contributed by atoms with Gasteiger partial charge < -0.3 is 14.5 Å². The van der Waals surface area contributed by atoms with Crippen LogP contribution in [0.1, 0.15) is 17.3 Å². The lowest BCUT2D eigenvalue weighted by Crippen LogP contribution is -2.59. The number of morpholine rings is 1. The predicted molar refractivity (Wildman–Crippen MR) is 94.2 cm³/mol. The number of ether oxygens (including phenoxy) is 1. The predicted octanol–water partition coefficient (Wildman–Crippen LogP) is 0.858. The molecule has 1 aliphatic heterocycles. The van der Waals surface area contributed by atoms with Crippen LogP contribution in [0.2, 0.25) is 0 Å². The Morgan fingerprint density at radius 1 is 1.12 bits per heavy atom. The van der Waals surface area contributed by atoms with Crippen molar-refractivity contribution in [3.05, 3.63) is 42.7 Å². The van der Waals surface area contributed by atoms with Crippen LogP contribution in [0.15, 0.2) is 37.2 Å². The summed E-state index contributed by atoms with van der Waals surface area (Å²) in [6, 6.07) is 1.76. The van der Waals surface area contributed by atoms with Gasteiger partial charge in [-0.1, -0.05) is 0 Å². The maximum absolute atomic E-state index is 12.9. The second kappa shape index (κ2) is 7.17. The van der Waals surface area contributed by atoms with Crippen molar-refractivity contribution >= 4 is 11.8 Å². The smallest absolute Gasteiger partial charge is 0.255 e. The third-order valence-electron chi connectivity index (χ3n) is 4.30. The molecule has 0 aliphatic carbocycles. The quantitative estimate of drug-likeness (QED) is 0.811. The van der Waals surface area contributed by atoms with Crippen LogP contribution in [0.25, 0.3) is 11.1 Å². The van der Waals surface area contributed by atoms with Gasteiger partial charge in [0.2, 0.25) is 0 Å². The SMILES string of the molecule is CN(C)C(=O)C1(C)CN(C(=O)c2cncc(-c3cncnc3)c2)CCO1. The zero-order valence-corrected chi connectivity index (χ0v) is 15.0. The van der Waals surface area contributed by atoms with Gasteiger partial charge in [-0.25, -0.2) is 9.97 Å². The molecule has 0 spiro atoms. The first kappa shape index (κ1) is 17.9. The van der Waals surface area contributed by atoms with E-state index in [1.165, 1.54) is 17.4 Å². The molecule has 0 bridgehead atoms. The number of likely N-dealkylation sites (N-methyl/N-ethyl adjacent to an activating group) is 1. The van der Waals surface area contributed by atoms with E-state index in [0.29, 0.717) is 18.7 Å². The Balaban J connectivity index is 1.82. The molecule has 1 fully saturated rings. The molecule has 1 unspecified atom stereocenters. The zero-order valence-electron chi connectivity index (χ0n) is 15.0. The minimum absolute atomic E-state index is 0.164. The van der Waals surface area contributed by atoms with Crippen molar-refractivity contribution in [1.82, 2.24) is 24.8 Å². The molecule has 8 nitrogen and oxygen atoms in total. The van der Waals surface area contributed by atoms with E-state index >= 15 is 0 Å². The number of amides is 2. The largest absolute Gasteiger partial charge is 0.362 e. The lowest BCUT2D eigenvalue weighted by molar-refractivity contribution is -0.162. The monoisotopic (exact) mass is 355 g/mol. The maximum atomic E-state index is 12.9. The van der Waals surface area contributed by atoms with Gasteiger partial charge in [0.1, 0.15) is 6.33 Å². The van der Waals surface area contributed by atoms with E-state index < -0.39 is 5.60 Å². The van der Waals surface area contributed by atoms with Gasteiger partial charge in [0.05, 0.1) is 18.7 Å². The lowest BCUT2D eigenvalue weighted by atomic mass is 10.0. The fraction of sp³-hybridized carbons (Fsp3) is 0.389. The standard InChI is InChI=1S/C18H21N5O3/c1-18(17(25)22(2)3)11-23(4-5-26-18)16(24)14-6-13(7-19-8-14)15-9-20-12-21-10-15/h6-10,12H,4-5,11H2,1-3H3. The molecular formula is C18H21N5O3. The van der Waals surface area contributed by atoms with Crippen molar-refractivity contribution in [2.24, 2.45) is 0 Å². The second-order valence-corrected chi connectivity index (χ2v) is 6.60. The number of hydrogen-bond acceptors (Lipinski definition) is 6. The van der Waals surface area contributed by atoms with Gasteiger partial charge in [-0.05, 0) is 13.0 Å². The molecule has 0 saturated carbocycles. The van der Waals surface area contributed by atoms with Crippen molar-refractivity contribution in [2.75, 3.05) is 33.8 Å². The molecule has 3 rings (SSSR count). The van der Waals surface area contributed by atoms with E-state index in [2.05, 4.69) is 15.0 Å². The van der Waals surface area contributed by atoms with Crippen molar-refractivity contribution < 1.29 is 14.3 Å². The van der Waals surface area contributed by atoms with Gasteiger partial charge in [0, 0.05) is 56.6 Å². The molecule has 1 saturated heterocycles. The summed E-state index contributed by atoms with van der Waals surface area (Å²) in [4.78, 5) is 40.6. The Labute approximate surface area is 151 Å². The van der Waals surface area contributed by atoms with Crippen molar-refractivity contribution in [3.8, 4) is 11.1 Å². The normalized spacial score (nSPS) is 19.9. The van der Waals surface area contributed by atoms with Gasteiger partial charge in [-0.3, -0.25) is 14.6 Å². The second-order valence-electron chi connectivity index (χ2n) is 6.60. The average molecular weight is 355 g/mol. The summed E-state index contributed by atoms with van der Waals surface area (Å²) >= 11 is 0. The first-order chi connectivity index (χ1) is 12.4. The lowest BCUT2D eigenvalue weighted by Gasteiger charge is -2.40. The van der Waals surface area contributed by atoms with Crippen molar-refractivity contribution in [2.45, 2.75) is 12.5 Å². The fourth-order valence-corrected chi connectivity index (χ4v) is 2.99. The summed E-state index contributed by atoms with van der Waals surface area (Å²) in [7, 11) is 3.35. The summed E-state index contributed by atoms with van der Waals surface area (Å²) < 4.78 is 5.68. The summed E-state index contributed by atoms with van der Waals surface area (Å²) in [6.07, 6.45) is 7.96.